The molecule has 0 bridgehead atoms. The second-order valence-corrected chi connectivity index (χ2v) is 3.73. The summed E-state index contributed by atoms with van der Waals surface area (Å²) < 4.78 is 0. The zero-order chi connectivity index (χ0) is 11.8. The van der Waals surface area contributed by atoms with Gasteiger partial charge >= 0.3 is 0 Å². The van der Waals surface area contributed by atoms with E-state index in [2.05, 4.69) is 41.5 Å². The van der Waals surface area contributed by atoms with Crippen LogP contribution in [0.3, 0.4) is 0 Å². The van der Waals surface area contributed by atoms with Gasteiger partial charge in [-0.2, -0.15) is 0 Å². The molecule has 0 aliphatic heterocycles. The van der Waals surface area contributed by atoms with Crippen molar-refractivity contribution in [2.75, 3.05) is 6.54 Å². The van der Waals surface area contributed by atoms with Gasteiger partial charge in [-0.15, -0.1) is 17.1 Å². The fraction of sp³-hybridized carbons (Fsp3) is 0.167. The van der Waals surface area contributed by atoms with Crippen molar-refractivity contribution in [3.63, 3.8) is 0 Å². The van der Waals surface area contributed by atoms with E-state index in [9.17, 15) is 0 Å². The zero-order valence-corrected chi connectivity index (χ0v) is 10.1. The molecule has 3 nitrogen and oxygen atoms in total. The Balaban J connectivity index is 2.39. The molecule has 0 aliphatic rings. The highest BCUT2D eigenvalue weighted by Crippen LogP contribution is 1.98. The smallest absolute Gasteiger partial charge is 0.224 e. The normalized spacial score (nSPS) is 10.1. The van der Waals surface area contributed by atoms with Gasteiger partial charge in [0.1, 0.15) is 0 Å². The summed E-state index contributed by atoms with van der Waals surface area (Å²) in [5.74, 6) is 0. The van der Waals surface area contributed by atoms with Gasteiger partial charge < -0.3 is 5.32 Å². The van der Waals surface area contributed by atoms with Gasteiger partial charge in [-0.3, -0.25) is 0 Å². The third-order valence-electron chi connectivity index (χ3n) is 1.91. The Bertz CT molecular complexity index is 382. The van der Waals surface area contributed by atoms with Crippen LogP contribution in [0.25, 0.3) is 0 Å². The van der Waals surface area contributed by atoms with Crippen LogP contribution in [0.1, 0.15) is 11.1 Å². The third-order valence-corrected chi connectivity index (χ3v) is 2.16. The van der Waals surface area contributed by atoms with Crippen molar-refractivity contribution in [2.24, 2.45) is 0 Å². The van der Waals surface area contributed by atoms with E-state index in [-0.39, 0.29) is 0 Å². The summed E-state index contributed by atoms with van der Waals surface area (Å²) in [6.07, 6.45) is 3.60. The molecule has 1 aromatic rings. The predicted octanol–water partition coefficient (Wildman–Crippen LogP) is 0.0596. The van der Waals surface area contributed by atoms with Gasteiger partial charge in [0.2, 0.25) is 5.11 Å². The minimum Gasteiger partial charge on any atom is -0.355 e. The first-order valence-electron chi connectivity index (χ1n) is 5.02. The zero-order valence-electron chi connectivity index (χ0n) is 9.29. The number of benzene rings is 1. The summed E-state index contributed by atoms with van der Waals surface area (Å²) in [6.45, 7) is 6.30. The highest BCUT2D eigenvalue weighted by atomic mass is 32.1. The molecule has 1 rings (SSSR count). The number of rotatable bonds is 4. The fourth-order valence-corrected chi connectivity index (χ4v) is 1.20. The molecule has 0 radical (unpaired) electrons. The van der Waals surface area contributed by atoms with E-state index in [1.165, 1.54) is 5.56 Å². The molecule has 0 heterocycles. The van der Waals surface area contributed by atoms with Crippen molar-refractivity contribution >= 4 is 23.5 Å². The number of aryl methyl sites for hydroxylation is 1. The average Bonchev–Trinajstić information content (AvgIpc) is 2.29. The molecule has 0 saturated carbocycles. The van der Waals surface area contributed by atoms with E-state index in [0.29, 0.717) is 11.7 Å². The molecule has 0 aliphatic carbocycles. The fourth-order valence-electron chi connectivity index (χ4n) is 1.06. The number of hydrogen-bond acceptors (Lipinski definition) is 1. The van der Waals surface area contributed by atoms with E-state index in [1.54, 1.807) is 6.08 Å². The lowest BCUT2D eigenvalue weighted by Gasteiger charge is -1.99. The summed E-state index contributed by atoms with van der Waals surface area (Å²) in [5.41, 5.74) is 5.18. The summed E-state index contributed by atoms with van der Waals surface area (Å²) in [5, 5.41) is 6.41. The molecule has 0 saturated heterocycles. The SMILES string of the molecule is C=CCNC(=S)N[NH+]=Cc1ccc(C)cc1. The Hall–Kier alpha value is -1.68. The molecule has 0 amide bonds. The Kier molecular flexibility index (Phi) is 5.22. The predicted molar refractivity (Wildman–Crippen MR) is 71.2 cm³/mol. The average molecular weight is 234 g/mol. The van der Waals surface area contributed by atoms with Gasteiger partial charge in [-0.05, 0) is 31.3 Å². The number of hydrazone groups is 1. The van der Waals surface area contributed by atoms with Crippen molar-refractivity contribution in [1.82, 2.24) is 10.7 Å². The van der Waals surface area contributed by atoms with Crippen LogP contribution < -0.4 is 15.8 Å². The van der Waals surface area contributed by atoms with E-state index in [0.717, 1.165) is 5.56 Å². The summed E-state index contributed by atoms with van der Waals surface area (Å²) in [7, 11) is 0. The highest BCUT2D eigenvalue weighted by molar-refractivity contribution is 7.80. The molecule has 0 spiro atoms. The van der Waals surface area contributed by atoms with Crippen LogP contribution in [-0.2, 0) is 0 Å². The van der Waals surface area contributed by atoms with Gasteiger partial charge in [0.15, 0.2) is 6.21 Å². The van der Waals surface area contributed by atoms with Crippen LogP contribution in [0, 0.1) is 6.92 Å². The number of thiocarbonyl (C=S) groups is 1. The Morgan fingerprint density at radius 3 is 2.75 bits per heavy atom. The molecular formula is C12H16N3S+. The van der Waals surface area contributed by atoms with E-state index < -0.39 is 0 Å². The second-order valence-electron chi connectivity index (χ2n) is 3.32. The maximum absolute atomic E-state index is 5.00. The quantitative estimate of drug-likeness (QED) is 0.298. The maximum Gasteiger partial charge on any atom is 0.224 e. The first-order chi connectivity index (χ1) is 7.72. The number of hydrazine groups is 1. The van der Waals surface area contributed by atoms with Gasteiger partial charge in [0.05, 0.1) is 0 Å². The Morgan fingerprint density at radius 1 is 1.44 bits per heavy atom. The molecule has 0 aromatic heterocycles. The minimum absolute atomic E-state index is 0.545. The van der Waals surface area contributed by atoms with Crippen LogP contribution in [0.15, 0.2) is 36.9 Å². The van der Waals surface area contributed by atoms with Gasteiger partial charge in [0.25, 0.3) is 0 Å². The van der Waals surface area contributed by atoms with E-state index >= 15 is 0 Å². The maximum atomic E-state index is 5.00. The lowest BCUT2D eigenvalue weighted by atomic mass is 10.2. The van der Waals surface area contributed by atoms with Crippen molar-refractivity contribution in [3.05, 3.63) is 48.0 Å². The molecule has 0 fully saturated rings. The van der Waals surface area contributed by atoms with Crippen LogP contribution in [0.2, 0.25) is 0 Å². The summed E-state index contributed by atoms with van der Waals surface area (Å²) in [4.78, 5) is 0. The standard InChI is InChI=1S/C12H15N3S/c1-3-8-13-12(16)15-14-9-11-6-4-10(2)5-7-11/h3-7,9H,1,8H2,2H3,(H2,13,15,16)/p+1. The van der Waals surface area contributed by atoms with Crippen molar-refractivity contribution in [2.45, 2.75) is 6.92 Å². The first kappa shape index (κ1) is 12.4. The number of nitrogens with one attached hydrogen (secondary N) is 3. The Labute approximate surface area is 101 Å². The lowest BCUT2D eigenvalue weighted by molar-refractivity contribution is -0.500. The van der Waals surface area contributed by atoms with Gasteiger partial charge in [0, 0.05) is 12.1 Å². The molecule has 16 heavy (non-hydrogen) atoms. The largest absolute Gasteiger partial charge is 0.355 e. The van der Waals surface area contributed by atoms with Crippen LogP contribution in [-0.4, -0.2) is 17.9 Å². The van der Waals surface area contributed by atoms with Crippen molar-refractivity contribution < 1.29 is 5.10 Å². The van der Waals surface area contributed by atoms with Crippen molar-refractivity contribution in [3.8, 4) is 0 Å². The molecule has 4 heteroatoms. The van der Waals surface area contributed by atoms with Crippen LogP contribution >= 0.6 is 12.2 Å². The molecular weight excluding hydrogens is 218 g/mol. The van der Waals surface area contributed by atoms with Crippen molar-refractivity contribution in [1.29, 1.82) is 0 Å². The van der Waals surface area contributed by atoms with E-state index in [4.69, 9.17) is 12.2 Å². The van der Waals surface area contributed by atoms with Gasteiger partial charge in [-0.1, -0.05) is 23.8 Å². The van der Waals surface area contributed by atoms with E-state index in [1.807, 2.05) is 18.3 Å². The number of hydrogen-bond donors (Lipinski definition) is 3. The third kappa shape index (κ3) is 4.70. The Morgan fingerprint density at radius 2 is 2.12 bits per heavy atom. The molecule has 3 N–H and O–H groups in total. The van der Waals surface area contributed by atoms with Gasteiger partial charge in [-0.25, -0.2) is 0 Å². The molecule has 0 atom stereocenters. The van der Waals surface area contributed by atoms with Crippen LogP contribution in [0.5, 0.6) is 0 Å². The highest BCUT2D eigenvalue weighted by Gasteiger charge is 1.94. The topological polar surface area (TPSA) is 38.0 Å². The second kappa shape index (κ2) is 6.74. The molecule has 0 unspecified atom stereocenters. The summed E-state index contributed by atoms with van der Waals surface area (Å²) >= 11 is 5.00. The lowest BCUT2D eigenvalue weighted by Crippen LogP contribution is -2.82. The molecule has 84 valence electrons. The first-order valence-corrected chi connectivity index (χ1v) is 5.43. The summed E-state index contributed by atoms with van der Waals surface area (Å²) in [6, 6.07) is 8.18. The molecule has 1 aromatic carbocycles. The minimum atomic E-state index is 0.545. The van der Waals surface area contributed by atoms with Crippen LogP contribution in [0.4, 0.5) is 0 Å². The monoisotopic (exact) mass is 234 g/mol.